The van der Waals surface area contributed by atoms with Crippen molar-refractivity contribution in [1.82, 2.24) is 10.2 Å². The first-order valence-electron chi connectivity index (χ1n) is 6.57. The van der Waals surface area contributed by atoms with Gasteiger partial charge in [0.1, 0.15) is 6.04 Å². The molecule has 0 saturated carbocycles. The molecule has 3 amide bonds. The van der Waals surface area contributed by atoms with Crippen LogP contribution in [0.2, 0.25) is 0 Å². The summed E-state index contributed by atoms with van der Waals surface area (Å²) in [7, 11) is 0. The summed E-state index contributed by atoms with van der Waals surface area (Å²) in [6, 6.07) is -0.596. The topological polar surface area (TPSA) is 110 Å². The molecular formula is C12H17N3O4S2. The van der Waals surface area contributed by atoms with Gasteiger partial charge in [0.05, 0.1) is 10.6 Å². The number of thioether (sulfide) groups is 2. The third-order valence-corrected chi connectivity index (χ3v) is 6.82. The van der Waals surface area contributed by atoms with Gasteiger partial charge in [-0.25, -0.2) is 0 Å². The first-order chi connectivity index (χ1) is 9.97. The SMILES string of the molecule is NC(=O)C(=O)CNC(=O)C1CC2(CN1C=O)SCCCS2. The van der Waals surface area contributed by atoms with Crippen molar-refractivity contribution in [2.24, 2.45) is 5.73 Å². The molecule has 3 N–H and O–H groups in total. The fourth-order valence-corrected chi connectivity index (χ4v) is 5.79. The molecule has 0 aromatic carbocycles. The van der Waals surface area contributed by atoms with E-state index in [9.17, 15) is 19.2 Å². The van der Waals surface area contributed by atoms with E-state index in [0.29, 0.717) is 19.4 Å². The highest BCUT2D eigenvalue weighted by Gasteiger charge is 2.48. The van der Waals surface area contributed by atoms with Gasteiger partial charge >= 0.3 is 0 Å². The molecule has 2 aliphatic heterocycles. The third kappa shape index (κ3) is 3.70. The molecule has 2 aliphatic rings. The van der Waals surface area contributed by atoms with Crippen LogP contribution in [-0.4, -0.2) is 63.6 Å². The lowest BCUT2D eigenvalue weighted by atomic mass is 10.2. The van der Waals surface area contributed by atoms with Gasteiger partial charge in [-0.3, -0.25) is 19.2 Å². The Kier molecular flexibility index (Phi) is 5.15. The molecule has 2 heterocycles. The quantitative estimate of drug-likeness (QED) is 0.492. The second-order valence-corrected chi connectivity index (χ2v) is 8.18. The number of nitrogens with one attached hydrogen (secondary N) is 1. The maximum atomic E-state index is 12.1. The summed E-state index contributed by atoms with van der Waals surface area (Å²) in [6.07, 6.45) is 2.35. The summed E-state index contributed by atoms with van der Waals surface area (Å²) in [6.45, 7) is 0.0956. The monoisotopic (exact) mass is 331 g/mol. The molecule has 2 rings (SSSR count). The van der Waals surface area contributed by atoms with Gasteiger partial charge in [-0.05, 0) is 17.9 Å². The number of likely N-dealkylation sites (tertiary alicyclic amines) is 1. The van der Waals surface area contributed by atoms with Gasteiger partial charge in [0.25, 0.3) is 5.91 Å². The Morgan fingerprint density at radius 1 is 1.33 bits per heavy atom. The molecular weight excluding hydrogens is 314 g/mol. The summed E-state index contributed by atoms with van der Waals surface area (Å²) in [4.78, 5) is 46.6. The zero-order chi connectivity index (χ0) is 15.5. The average Bonchev–Trinajstić information content (AvgIpc) is 2.83. The molecule has 0 aromatic rings. The van der Waals surface area contributed by atoms with Gasteiger partial charge in [-0.1, -0.05) is 0 Å². The van der Waals surface area contributed by atoms with E-state index in [0.717, 1.165) is 17.9 Å². The predicted molar refractivity (Wildman–Crippen MR) is 80.7 cm³/mol. The lowest BCUT2D eigenvalue weighted by Gasteiger charge is -2.31. The van der Waals surface area contributed by atoms with Crippen LogP contribution in [0.25, 0.3) is 0 Å². The van der Waals surface area contributed by atoms with Crippen LogP contribution in [0.5, 0.6) is 0 Å². The molecule has 9 heteroatoms. The number of rotatable bonds is 5. The van der Waals surface area contributed by atoms with Crippen molar-refractivity contribution in [2.75, 3.05) is 24.6 Å². The van der Waals surface area contributed by atoms with Gasteiger partial charge < -0.3 is 16.0 Å². The fourth-order valence-electron chi connectivity index (χ4n) is 2.42. The summed E-state index contributed by atoms with van der Waals surface area (Å²) in [5, 5.41) is 2.38. The Morgan fingerprint density at radius 2 is 2.00 bits per heavy atom. The van der Waals surface area contributed by atoms with Crippen LogP contribution in [-0.2, 0) is 19.2 Å². The molecule has 116 valence electrons. The second kappa shape index (κ2) is 6.69. The van der Waals surface area contributed by atoms with Crippen LogP contribution in [0.15, 0.2) is 0 Å². The highest BCUT2D eigenvalue weighted by Crippen LogP contribution is 2.49. The van der Waals surface area contributed by atoms with Crippen molar-refractivity contribution in [3.63, 3.8) is 0 Å². The van der Waals surface area contributed by atoms with Crippen molar-refractivity contribution in [3.05, 3.63) is 0 Å². The minimum Gasteiger partial charge on any atom is -0.363 e. The third-order valence-electron chi connectivity index (χ3n) is 3.48. The minimum absolute atomic E-state index is 0.130. The van der Waals surface area contributed by atoms with Gasteiger partial charge in [0.15, 0.2) is 0 Å². The zero-order valence-electron chi connectivity index (χ0n) is 11.4. The maximum absolute atomic E-state index is 12.1. The average molecular weight is 331 g/mol. The number of carbonyl (C=O) groups excluding carboxylic acids is 4. The maximum Gasteiger partial charge on any atom is 0.286 e. The zero-order valence-corrected chi connectivity index (χ0v) is 13.0. The van der Waals surface area contributed by atoms with Crippen LogP contribution >= 0.6 is 23.5 Å². The molecule has 0 radical (unpaired) electrons. The van der Waals surface area contributed by atoms with Crippen molar-refractivity contribution < 1.29 is 19.2 Å². The van der Waals surface area contributed by atoms with E-state index in [1.54, 1.807) is 23.5 Å². The van der Waals surface area contributed by atoms with Crippen LogP contribution in [0.3, 0.4) is 0 Å². The van der Waals surface area contributed by atoms with Crippen LogP contribution in [0, 0.1) is 0 Å². The van der Waals surface area contributed by atoms with Crippen LogP contribution in [0.1, 0.15) is 12.8 Å². The number of nitrogens with zero attached hydrogens (tertiary/aromatic N) is 1. The molecule has 21 heavy (non-hydrogen) atoms. The van der Waals surface area contributed by atoms with Crippen molar-refractivity contribution in [3.8, 4) is 0 Å². The predicted octanol–water partition coefficient (Wildman–Crippen LogP) is -1.05. The summed E-state index contributed by atoms with van der Waals surface area (Å²) >= 11 is 3.57. The smallest absolute Gasteiger partial charge is 0.286 e. The lowest BCUT2D eigenvalue weighted by Crippen LogP contribution is -2.45. The molecule has 0 bridgehead atoms. The Bertz CT molecular complexity index is 465. The number of carbonyl (C=O) groups is 4. The van der Waals surface area contributed by atoms with E-state index in [2.05, 4.69) is 5.32 Å². The highest BCUT2D eigenvalue weighted by atomic mass is 32.2. The fraction of sp³-hybridized carbons (Fsp3) is 0.667. The van der Waals surface area contributed by atoms with E-state index in [4.69, 9.17) is 5.73 Å². The number of hydrogen-bond donors (Lipinski definition) is 2. The molecule has 2 saturated heterocycles. The number of Topliss-reactive ketones (excluding diaryl/α,β-unsaturated/α-hetero) is 1. The summed E-state index contributed by atoms with van der Waals surface area (Å²) in [5.74, 6) is -0.304. The molecule has 1 unspecified atom stereocenters. The number of primary amides is 1. The normalized spacial score (nSPS) is 23.8. The first kappa shape index (κ1) is 16.2. The molecule has 1 atom stereocenters. The Balaban J connectivity index is 1.97. The van der Waals surface area contributed by atoms with Gasteiger partial charge in [-0.15, -0.1) is 23.5 Å². The number of ketones is 1. The molecule has 0 aromatic heterocycles. The van der Waals surface area contributed by atoms with E-state index >= 15 is 0 Å². The van der Waals surface area contributed by atoms with E-state index < -0.39 is 30.2 Å². The Morgan fingerprint density at radius 3 is 2.57 bits per heavy atom. The minimum atomic E-state index is -1.08. The molecule has 0 aliphatic carbocycles. The lowest BCUT2D eigenvalue weighted by molar-refractivity contribution is -0.137. The molecule has 2 fully saturated rings. The first-order valence-corrected chi connectivity index (χ1v) is 8.54. The summed E-state index contributed by atoms with van der Waals surface area (Å²) in [5.41, 5.74) is 4.83. The standard InChI is InChI=1S/C12H17N3O4S2/c13-10(18)9(17)5-14-11(19)8-4-12(6-15(8)7-16)20-2-1-3-21-12/h7-8H,1-6H2,(H2,13,18)(H,14,19). The van der Waals surface area contributed by atoms with Gasteiger partial charge in [0.2, 0.25) is 18.1 Å². The van der Waals surface area contributed by atoms with Crippen molar-refractivity contribution in [1.29, 1.82) is 0 Å². The Labute approximate surface area is 130 Å². The summed E-state index contributed by atoms with van der Waals surface area (Å²) < 4.78 is -0.130. The van der Waals surface area contributed by atoms with E-state index in [-0.39, 0.29) is 4.08 Å². The largest absolute Gasteiger partial charge is 0.363 e. The van der Waals surface area contributed by atoms with Gasteiger partial charge in [0, 0.05) is 13.0 Å². The van der Waals surface area contributed by atoms with Crippen LogP contribution in [0.4, 0.5) is 0 Å². The van der Waals surface area contributed by atoms with Crippen molar-refractivity contribution in [2.45, 2.75) is 23.0 Å². The number of amides is 3. The van der Waals surface area contributed by atoms with E-state index in [1.165, 1.54) is 4.90 Å². The van der Waals surface area contributed by atoms with Crippen molar-refractivity contribution >= 4 is 47.5 Å². The van der Waals surface area contributed by atoms with Gasteiger partial charge in [-0.2, -0.15) is 0 Å². The van der Waals surface area contributed by atoms with Crippen LogP contribution < -0.4 is 11.1 Å². The highest BCUT2D eigenvalue weighted by molar-refractivity contribution is 8.18. The number of hydrogen-bond acceptors (Lipinski definition) is 6. The molecule has 7 nitrogen and oxygen atoms in total. The second-order valence-electron chi connectivity index (χ2n) is 4.96. The number of nitrogens with two attached hydrogens (primary N) is 1. The Hall–Kier alpha value is -1.22. The van der Waals surface area contributed by atoms with E-state index in [1.807, 2.05) is 0 Å². The molecule has 1 spiro atoms.